The highest BCUT2D eigenvalue weighted by Gasteiger charge is 2.76. The van der Waals surface area contributed by atoms with Crippen LogP contribution in [0, 0.1) is 17.3 Å². The number of aliphatic hydroxyl groups is 6. The molecule has 2 saturated heterocycles. The minimum atomic E-state index is -2.63. The first kappa shape index (κ1) is 63.3. The first-order chi connectivity index (χ1) is 40.0. The van der Waals surface area contributed by atoms with E-state index in [0.29, 0.717) is 0 Å². The highest BCUT2D eigenvalue weighted by molar-refractivity contribution is 5.95. The molecule has 1 amide bonds. The van der Waals surface area contributed by atoms with Crippen LogP contribution in [0.1, 0.15) is 79.8 Å². The maximum atomic E-state index is 15.3. The predicted octanol–water partition coefficient (Wildman–Crippen LogP) is 1.36. The highest BCUT2D eigenvalue weighted by atomic mass is 16.7. The summed E-state index contributed by atoms with van der Waals surface area (Å²) in [6.45, 7) is 5.36. The molecule has 4 bridgehead atoms. The molecule has 17 atom stereocenters. The minimum Gasteiger partial charge on any atom is -0.455 e. The standard InChI is InChI=1S/C59H71NO24/c1-31-38(28-59(73)51(83-53(69)37-19-13-8-14-20-37)43-32(2)45(64)49(79-33(3)61)42(31)57(59,5)40(63)27-41-58(43,30-78-41)84-34(4)62)80-55(71)50(44(35-15-9-6-10-16-35)60-52(68)36-17-11-7-12-18-36)82-56(72)77-26-25-75-22-21-74-23-24-76-29-39-46(65)47(66)48(67)54(70)81-39/h6-20,32,38-41,43-44,46-51,54,63,65-67,70,73H,21-30H2,1-5H3,(H,60,68)/t32-,38-,39+,40-,41+,43+,44-,46+,47-,48-,49+,50+,51-,54?,57?,58-,59+/m0/s1. The van der Waals surface area contributed by atoms with Crippen LogP contribution in [0.15, 0.2) is 102 Å². The summed E-state index contributed by atoms with van der Waals surface area (Å²) in [6.07, 6.45) is -20.6. The third-order valence-electron chi connectivity index (χ3n) is 16.4. The van der Waals surface area contributed by atoms with Gasteiger partial charge in [0, 0.05) is 38.2 Å². The predicted molar refractivity (Wildman–Crippen MR) is 285 cm³/mol. The number of Topliss-reactive ketones (excluding diaryl/α,β-unsaturated/α-hetero) is 1. The Morgan fingerprint density at radius 2 is 1.33 bits per heavy atom. The van der Waals surface area contributed by atoms with Gasteiger partial charge in [-0.3, -0.25) is 19.2 Å². The van der Waals surface area contributed by atoms with Gasteiger partial charge in [0.05, 0.1) is 69.2 Å². The molecule has 2 heterocycles. The summed E-state index contributed by atoms with van der Waals surface area (Å²) in [5.41, 5.74) is -6.40. The van der Waals surface area contributed by atoms with Gasteiger partial charge in [0.2, 0.25) is 6.10 Å². The lowest BCUT2D eigenvalue weighted by Crippen LogP contribution is -2.80. The summed E-state index contributed by atoms with van der Waals surface area (Å²) in [5, 5.41) is 68.9. The molecule has 25 heteroatoms. The van der Waals surface area contributed by atoms with Gasteiger partial charge >= 0.3 is 30.0 Å². The van der Waals surface area contributed by atoms with Crippen molar-refractivity contribution in [3.63, 3.8) is 0 Å². The number of fused-ring (bicyclic) bond motifs is 3. The quantitative estimate of drug-likeness (QED) is 0.0323. The number of ketones is 1. The molecule has 3 aliphatic carbocycles. The minimum absolute atomic E-state index is 0.00330. The molecule has 8 rings (SSSR count). The van der Waals surface area contributed by atoms with Gasteiger partial charge in [-0.15, -0.1) is 0 Å². The van der Waals surface area contributed by atoms with E-state index < -0.39 is 157 Å². The van der Waals surface area contributed by atoms with E-state index >= 15 is 9.59 Å². The van der Waals surface area contributed by atoms with Crippen molar-refractivity contribution in [1.82, 2.24) is 5.32 Å². The number of rotatable bonds is 22. The Morgan fingerprint density at radius 1 is 0.738 bits per heavy atom. The first-order valence-corrected chi connectivity index (χ1v) is 27.5. The van der Waals surface area contributed by atoms with Gasteiger partial charge in [0.1, 0.15) is 61.0 Å². The van der Waals surface area contributed by atoms with Gasteiger partial charge in [-0.25, -0.2) is 14.4 Å². The molecular weight excluding hydrogens is 1110 g/mol. The van der Waals surface area contributed by atoms with Crippen molar-refractivity contribution >= 4 is 41.7 Å². The zero-order chi connectivity index (χ0) is 60.7. The topological polar surface area (TPSA) is 354 Å². The van der Waals surface area contributed by atoms with E-state index in [9.17, 15) is 54.6 Å². The van der Waals surface area contributed by atoms with Gasteiger partial charge in [-0.05, 0) is 47.9 Å². The summed E-state index contributed by atoms with van der Waals surface area (Å²) in [5.74, 6) is -8.48. The highest BCUT2D eigenvalue weighted by Crippen LogP contribution is 2.63. The van der Waals surface area contributed by atoms with Crippen molar-refractivity contribution in [2.45, 2.75) is 132 Å². The normalized spacial score (nSPS) is 32.3. The van der Waals surface area contributed by atoms with Crippen LogP contribution in [0.4, 0.5) is 4.79 Å². The number of hydrogen-bond donors (Lipinski definition) is 7. The van der Waals surface area contributed by atoms with Crippen molar-refractivity contribution in [2.24, 2.45) is 17.3 Å². The maximum absolute atomic E-state index is 15.3. The average Bonchev–Trinajstić information content (AvgIpc) is 0.895. The van der Waals surface area contributed by atoms with Crippen LogP contribution < -0.4 is 5.32 Å². The van der Waals surface area contributed by atoms with Crippen molar-refractivity contribution in [3.05, 3.63) is 119 Å². The summed E-state index contributed by atoms with van der Waals surface area (Å²) in [4.78, 5) is 99.3. The van der Waals surface area contributed by atoms with Crippen molar-refractivity contribution in [3.8, 4) is 0 Å². The van der Waals surface area contributed by atoms with Crippen LogP contribution in [0.3, 0.4) is 0 Å². The lowest BCUT2D eigenvalue weighted by molar-refractivity contribution is -0.332. The van der Waals surface area contributed by atoms with E-state index in [1.807, 2.05) is 0 Å². The third-order valence-corrected chi connectivity index (χ3v) is 16.4. The first-order valence-electron chi connectivity index (χ1n) is 27.5. The molecule has 4 fully saturated rings. The maximum Gasteiger partial charge on any atom is 0.509 e. The summed E-state index contributed by atoms with van der Waals surface area (Å²) >= 11 is 0. The van der Waals surface area contributed by atoms with Crippen LogP contribution in [-0.2, 0) is 71.3 Å². The molecular formula is C59H71NO24. The second-order valence-electron chi connectivity index (χ2n) is 21.6. The molecule has 5 aliphatic rings. The molecule has 3 aromatic carbocycles. The number of carbonyl (C=O) groups excluding carboxylic acids is 7. The second kappa shape index (κ2) is 27.1. The van der Waals surface area contributed by atoms with Gasteiger partial charge < -0.3 is 88.1 Å². The van der Waals surface area contributed by atoms with Gasteiger partial charge in [-0.2, -0.15) is 0 Å². The number of amides is 1. The van der Waals surface area contributed by atoms with Crippen molar-refractivity contribution < 1.29 is 116 Å². The van der Waals surface area contributed by atoms with Crippen molar-refractivity contribution in [2.75, 3.05) is 52.9 Å². The van der Waals surface area contributed by atoms with Crippen LogP contribution in [-0.4, -0.2) is 204 Å². The van der Waals surface area contributed by atoms with E-state index in [4.69, 9.17) is 52.1 Å². The zero-order valence-electron chi connectivity index (χ0n) is 46.8. The van der Waals surface area contributed by atoms with Crippen molar-refractivity contribution in [1.29, 1.82) is 0 Å². The monoisotopic (exact) mass is 1180 g/mol. The number of esters is 4. The molecule has 25 nitrogen and oxygen atoms in total. The Morgan fingerprint density at radius 3 is 1.93 bits per heavy atom. The van der Waals surface area contributed by atoms with Crippen LogP contribution in [0.5, 0.6) is 0 Å². The average molecular weight is 1180 g/mol. The molecule has 7 N–H and O–H groups in total. The number of hydrogen-bond acceptors (Lipinski definition) is 24. The molecule has 84 heavy (non-hydrogen) atoms. The van der Waals surface area contributed by atoms with E-state index in [1.54, 1.807) is 66.7 Å². The molecule has 2 aliphatic heterocycles. The Balaban J connectivity index is 1.08. The molecule has 0 spiro atoms. The van der Waals surface area contributed by atoms with Gasteiger partial charge in [0.15, 0.2) is 23.8 Å². The molecule has 2 saturated carbocycles. The van der Waals surface area contributed by atoms with Crippen LogP contribution >= 0.6 is 0 Å². The second-order valence-corrected chi connectivity index (χ2v) is 21.6. The number of benzene rings is 3. The zero-order valence-corrected chi connectivity index (χ0v) is 46.8. The lowest BCUT2D eigenvalue weighted by atomic mass is 9.46. The fraction of sp³-hybridized carbons (Fsp3) is 0.542. The number of carbonyl (C=O) groups is 7. The van der Waals surface area contributed by atoms with E-state index in [-0.39, 0.29) is 80.5 Å². The van der Waals surface area contributed by atoms with Gasteiger partial charge in [-0.1, -0.05) is 80.6 Å². The molecule has 0 aromatic heterocycles. The third kappa shape index (κ3) is 13.1. The fourth-order valence-electron chi connectivity index (χ4n) is 12.1. The largest absolute Gasteiger partial charge is 0.509 e. The number of nitrogens with one attached hydrogen (secondary N) is 1. The molecule has 3 aromatic rings. The smallest absolute Gasteiger partial charge is 0.455 e. The lowest BCUT2D eigenvalue weighted by Gasteiger charge is -2.66. The van der Waals surface area contributed by atoms with Crippen LogP contribution in [0.25, 0.3) is 0 Å². The van der Waals surface area contributed by atoms with E-state index in [1.165, 1.54) is 45.0 Å². The molecule has 456 valence electrons. The Bertz CT molecular complexity index is 2860. The summed E-state index contributed by atoms with van der Waals surface area (Å²) in [6, 6.07) is 22.0. The van der Waals surface area contributed by atoms with Crippen LogP contribution in [0.2, 0.25) is 0 Å². The fourth-order valence-corrected chi connectivity index (χ4v) is 12.1. The molecule has 2 unspecified atom stereocenters. The Hall–Kier alpha value is -6.75. The SMILES string of the molecule is CC(=O)O[C@H]1C(=O)[C@@H](C)[C@@H]2[C@H](OC(=O)c3ccccc3)[C@]3(O)C[C@H](OC(=O)[C@H](OC(=O)OCCOCCOCCOC[C@H]4OC(O)[C@@H](O)[C@@H](O)[C@@H]4O)[C@@H](NC(=O)c4ccccc4)c4ccccc4)C(C)=C1C3(C)[C@@H](O)C[C@H]1OC[C@@]21OC(C)=O. The number of ether oxygens (including phenoxy) is 11. The molecule has 0 radical (unpaired) electrons. The Labute approximate surface area is 482 Å². The summed E-state index contributed by atoms with van der Waals surface area (Å²) < 4.78 is 63.4. The van der Waals surface area contributed by atoms with Gasteiger partial charge in [0.25, 0.3) is 5.91 Å². The van der Waals surface area contributed by atoms with E-state index in [2.05, 4.69) is 5.32 Å². The summed E-state index contributed by atoms with van der Waals surface area (Å²) in [7, 11) is 0. The Kier molecular flexibility index (Phi) is 20.4. The van der Waals surface area contributed by atoms with E-state index in [0.717, 1.165) is 13.8 Å². The number of aliphatic hydroxyl groups excluding tert-OH is 5.